The van der Waals surface area contributed by atoms with Crippen molar-refractivity contribution in [2.75, 3.05) is 12.4 Å². The molecule has 1 aromatic carbocycles. The Morgan fingerprint density at radius 2 is 1.96 bits per heavy atom. The predicted octanol–water partition coefficient (Wildman–Crippen LogP) is 3.42. The maximum atomic E-state index is 12.4. The number of nitrogens with zero attached hydrogens (tertiary/aromatic N) is 2. The molecule has 0 bridgehead atoms. The number of carbonyl (C=O) groups excluding carboxylic acids is 1. The molecule has 0 atom stereocenters. The molecular weight excluding hydrogens is 361 g/mol. The van der Waals surface area contributed by atoms with Gasteiger partial charge in [-0.3, -0.25) is 10.1 Å². The average Bonchev–Trinajstić information content (AvgIpc) is 2.95. The van der Waals surface area contributed by atoms with E-state index in [2.05, 4.69) is 20.3 Å². The first-order valence-corrected chi connectivity index (χ1v) is 6.87. The molecule has 2 aromatic rings. The molecule has 1 N–H and O–H groups in total. The van der Waals surface area contributed by atoms with Gasteiger partial charge in [-0.2, -0.15) is 22.0 Å². The summed E-state index contributed by atoms with van der Waals surface area (Å²) in [7, 11) is 1.22. The summed E-state index contributed by atoms with van der Waals surface area (Å²) in [5, 5.41) is 6.57. The molecule has 1 aromatic heterocycles. The third-order valence-electron chi connectivity index (χ3n) is 2.53. The molecule has 0 aliphatic heterocycles. The Morgan fingerprint density at radius 1 is 1.25 bits per heavy atom. The summed E-state index contributed by atoms with van der Waals surface area (Å²) in [6.45, 7) is -3.14. The number of halogens is 5. The van der Waals surface area contributed by atoms with E-state index in [0.29, 0.717) is 0 Å². The number of ether oxygens (including phenoxy) is 2. The van der Waals surface area contributed by atoms with Crippen molar-refractivity contribution in [3.05, 3.63) is 28.8 Å². The Hall–Kier alpha value is -2.50. The van der Waals surface area contributed by atoms with E-state index in [-0.39, 0.29) is 27.8 Å². The van der Waals surface area contributed by atoms with Crippen molar-refractivity contribution >= 4 is 22.4 Å². The van der Waals surface area contributed by atoms with Crippen LogP contribution >= 0.6 is 11.3 Å². The molecule has 130 valence electrons. The quantitative estimate of drug-likeness (QED) is 0.818. The highest BCUT2D eigenvalue weighted by Gasteiger charge is 2.35. The molecule has 2 rings (SSSR count). The van der Waals surface area contributed by atoms with Crippen LogP contribution in [-0.4, -0.2) is 29.8 Å². The normalized spacial score (nSPS) is 11.5. The van der Waals surface area contributed by atoms with Gasteiger partial charge in [0.05, 0.1) is 7.11 Å². The van der Waals surface area contributed by atoms with Crippen LogP contribution in [0.1, 0.15) is 15.4 Å². The Morgan fingerprint density at radius 3 is 2.50 bits per heavy atom. The van der Waals surface area contributed by atoms with Crippen LogP contribution in [0.4, 0.5) is 27.1 Å². The van der Waals surface area contributed by atoms with Crippen LogP contribution in [-0.2, 0) is 6.18 Å². The lowest BCUT2D eigenvalue weighted by atomic mass is 10.2. The summed E-state index contributed by atoms with van der Waals surface area (Å²) >= 11 is 0.130. The number of rotatable bonds is 5. The molecule has 0 unspecified atom stereocenters. The minimum Gasteiger partial charge on any atom is -0.493 e. The summed E-state index contributed by atoms with van der Waals surface area (Å²) in [6.07, 6.45) is -4.68. The van der Waals surface area contributed by atoms with Gasteiger partial charge in [-0.1, -0.05) is 11.3 Å². The van der Waals surface area contributed by atoms with Crippen molar-refractivity contribution in [1.29, 1.82) is 0 Å². The third-order valence-corrected chi connectivity index (χ3v) is 3.41. The Bertz CT molecular complexity index is 735. The molecule has 0 radical (unpaired) electrons. The highest BCUT2D eigenvalue weighted by Crippen LogP contribution is 2.33. The van der Waals surface area contributed by atoms with Crippen LogP contribution < -0.4 is 14.8 Å². The molecule has 12 heteroatoms. The molecular formula is C12H8F5N3O3S. The highest BCUT2D eigenvalue weighted by molar-refractivity contribution is 7.15. The lowest BCUT2D eigenvalue weighted by Gasteiger charge is -2.11. The third kappa shape index (κ3) is 4.28. The largest absolute Gasteiger partial charge is 0.493 e. The van der Waals surface area contributed by atoms with Crippen molar-refractivity contribution in [1.82, 2.24) is 10.2 Å². The van der Waals surface area contributed by atoms with Gasteiger partial charge in [0.15, 0.2) is 11.5 Å². The molecule has 0 fully saturated rings. The summed E-state index contributed by atoms with van der Waals surface area (Å²) in [4.78, 5) is 12.0. The fourth-order valence-corrected chi connectivity index (χ4v) is 2.17. The van der Waals surface area contributed by atoms with Crippen molar-refractivity contribution in [2.45, 2.75) is 12.8 Å². The first kappa shape index (κ1) is 17.8. The zero-order chi connectivity index (χ0) is 17.9. The van der Waals surface area contributed by atoms with Crippen molar-refractivity contribution < 1.29 is 36.2 Å². The molecule has 24 heavy (non-hydrogen) atoms. The van der Waals surface area contributed by atoms with Gasteiger partial charge in [0.1, 0.15) is 0 Å². The van der Waals surface area contributed by atoms with E-state index in [1.807, 2.05) is 0 Å². The lowest BCUT2D eigenvalue weighted by Crippen LogP contribution is -2.12. The number of amides is 1. The first-order chi connectivity index (χ1) is 11.2. The molecule has 6 nitrogen and oxygen atoms in total. The van der Waals surface area contributed by atoms with E-state index in [1.54, 1.807) is 0 Å². The van der Waals surface area contributed by atoms with Crippen molar-refractivity contribution in [3.63, 3.8) is 0 Å². The number of carbonyl (C=O) groups is 1. The van der Waals surface area contributed by atoms with E-state index in [9.17, 15) is 26.7 Å². The van der Waals surface area contributed by atoms with Gasteiger partial charge in [-0.05, 0) is 18.2 Å². The highest BCUT2D eigenvalue weighted by atomic mass is 32.1. The molecule has 1 amide bonds. The molecule has 0 aliphatic rings. The second-order valence-corrected chi connectivity index (χ2v) is 5.09. The van der Waals surface area contributed by atoms with Gasteiger partial charge in [-0.15, -0.1) is 10.2 Å². The van der Waals surface area contributed by atoms with E-state index in [1.165, 1.54) is 19.2 Å². The number of anilines is 1. The monoisotopic (exact) mass is 369 g/mol. The summed E-state index contributed by atoms with van der Waals surface area (Å²) in [5.41, 5.74) is -0.143. The van der Waals surface area contributed by atoms with Crippen molar-refractivity contribution in [2.24, 2.45) is 0 Å². The number of aromatic nitrogens is 2. The predicted molar refractivity (Wildman–Crippen MR) is 72.5 cm³/mol. The molecule has 0 aliphatic carbocycles. The zero-order valence-electron chi connectivity index (χ0n) is 11.7. The lowest BCUT2D eigenvalue weighted by molar-refractivity contribution is -0.138. The maximum Gasteiger partial charge on any atom is 0.445 e. The van der Waals surface area contributed by atoms with Gasteiger partial charge in [0.2, 0.25) is 10.1 Å². The Labute approximate surface area is 135 Å². The number of nitrogens with one attached hydrogen (secondary N) is 1. The number of methoxy groups -OCH3 is 1. The van der Waals surface area contributed by atoms with Crippen LogP contribution in [0, 0.1) is 0 Å². The second-order valence-electron chi connectivity index (χ2n) is 4.11. The Kier molecular flexibility index (Phi) is 5.17. The van der Waals surface area contributed by atoms with Crippen LogP contribution in [0.2, 0.25) is 0 Å². The van der Waals surface area contributed by atoms with Crippen LogP contribution in [0.5, 0.6) is 11.5 Å². The summed E-state index contributed by atoms with van der Waals surface area (Å²) < 4.78 is 70.9. The fraction of sp³-hybridized carbons (Fsp3) is 0.250. The summed E-state index contributed by atoms with van der Waals surface area (Å²) in [6, 6.07) is 3.39. The topological polar surface area (TPSA) is 73.3 Å². The van der Waals surface area contributed by atoms with Crippen LogP contribution in [0.25, 0.3) is 0 Å². The first-order valence-electron chi connectivity index (χ1n) is 6.05. The standard InChI is InChI=1S/C12H8F5N3O3S/c1-22-6-3-2-5(4-7(6)23-10(13)14)8(21)18-11-20-19-9(24-11)12(15,16)17/h2-4,10H,1H3,(H,18,20,21). The van der Waals surface area contributed by atoms with Gasteiger partial charge in [0.25, 0.3) is 5.91 Å². The molecule has 0 spiro atoms. The van der Waals surface area contributed by atoms with Gasteiger partial charge < -0.3 is 9.47 Å². The Balaban J connectivity index is 2.19. The van der Waals surface area contributed by atoms with Gasteiger partial charge >= 0.3 is 12.8 Å². The minimum atomic E-state index is -4.68. The van der Waals surface area contributed by atoms with E-state index < -0.39 is 29.5 Å². The number of hydrogen-bond donors (Lipinski definition) is 1. The molecule has 0 saturated carbocycles. The maximum absolute atomic E-state index is 12.4. The fourth-order valence-electron chi connectivity index (χ4n) is 1.56. The van der Waals surface area contributed by atoms with E-state index in [0.717, 1.165) is 6.07 Å². The SMILES string of the molecule is COc1ccc(C(=O)Nc2nnc(C(F)(F)F)s2)cc1OC(F)F. The summed E-state index contributed by atoms with van der Waals surface area (Å²) in [5.74, 6) is -1.31. The van der Waals surface area contributed by atoms with E-state index in [4.69, 9.17) is 4.74 Å². The van der Waals surface area contributed by atoms with Gasteiger partial charge in [0, 0.05) is 5.56 Å². The van der Waals surface area contributed by atoms with Gasteiger partial charge in [-0.25, -0.2) is 0 Å². The van der Waals surface area contributed by atoms with Crippen molar-refractivity contribution in [3.8, 4) is 11.5 Å². The number of alkyl halides is 5. The zero-order valence-corrected chi connectivity index (χ0v) is 12.5. The average molecular weight is 369 g/mol. The minimum absolute atomic E-state index is 0.0397. The smallest absolute Gasteiger partial charge is 0.445 e. The number of hydrogen-bond acceptors (Lipinski definition) is 6. The number of benzene rings is 1. The van der Waals surface area contributed by atoms with Crippen LogP contribution in [0.3, 0.4) is 0 Å². The molecule has 1 heterocycles. The second kappa shape index (κ2) is 6.95. The van der Waals surface area contributed by atoms with Crippen LogP contribution in [0.15, 0.2) is 18.2 Å². The molecule has 0 saturated heterocycles. The van der Waals surface area contributed by atoms with E-state index >= 15 is 0 Å².